The first-order valence-corrected chi connectivity index (χ1v) is 8.45. The molecule has 1 N–H and O–H groups in total. The highest BCUT2D eigenvalue weighted by atomic mass is 16.2. The van der Waals surface area contributed by atoms with Crippen molar-refractivity contribution < 1.29 is 9.59 Å². The Hall–Kier alpha value is -2.56. The zero-order valence-electron chi connectivity index (χ0n) is 13.9. The maximum Gasteiger partial charge on any atom is 0.253 e. The van der Waals surface area contributed by atoms with E-state index in [9.17, 15) is 9.59 Å². The molecule has 126 valence electrons. The molecule has 3 rings (SSSR count). The molecule has 1 atom stereocenters. The van der Waals surface area contributed by atoms with Crippen LogP contribution in [0, 0.1) is 0 Å². The minimum absolute atomic E-state index is 0.0326. The number of rotatable bonds is 5. The number of nitrogens with zero attached hydrogens (tertiary/aromatic N) is 2. The average Bonchev–Trinajstić information content (AvgIpc) is 3.28. The van der Waals surface area contributed by atoms with E-state index in [0.717, 1.165) is 31.6 Å². The van der Waals surface area contributed by atoms with E-state index >= 15 is 0 Å². The zero-order valence-corrected chi connectivity index (χ0v) is 13.9. The summed E-state index contributed by atoms with van der Waals surface area (Å²) in [5.74, 6) is 0.0430. The first kappa shape index (κ1) is 16.3. The summed E-state index contributed by atoms with van der Waals surface area (Å²) in [7, 11) is 0. The van der Waals surface area contributed by atoms with Crippen LogP contribution in [0.3, 0.4) is 0 Å². The van der Waals surface area contributed by atoms with Crippen LogP contribution in [0.15, 0.2) is 48.8 Å². The van der Waals surface area contributed by atoms with Crippen molar-refractivity contribution in [2.45, 2.75) is 32.2 Å². The van der Waals surface area contributed by atoms with Gasteiger partial charge in [0.05, 0.1) is 0 Å². The number of carbonyl (C=O) groups is 2. The van der Waals surface area contributed by atoms with Gasteiger partial charge in [-0.05, 0) is 56.2 Å². The van der Waals surface area contributed by atoms with E-state index in [1.165, 1.54) is 0 Å². The third kappa shape index (κ3) is 3.85. The van der Waals surface area contributed by atoms with Crippen molar-refractivity contribution in [3.63, 3.8) is 0 Å². The van der Waals surface area contributed by atoms with Crippen LogP contribution in [0.4, 0.5) is 5.69 Å². The highest BCUT2D eigenvalue weighted by molar-refractivity contribution is 5.96. The fourth-order valence-corrected chi connectivity index (χ4v) is 3.03. The number of anilines is 1. The predicted octanol–water partition coefficient (Wildman–Crippen LogP) is 3.31. The third-order valence-corrected chi connectivity index (χ3v) is 4.43. The summed E-state index contributed by atoms with van der Waals surface area (Å²) in [6.07, 6.45) is 6.48. The molecule has 2 aromatic rings. The van der Waals surface area contributed by atoms with Crippen LogP contribution in [0.2, 0.25) is 0 Å². The Balaban J connectivity index is 1.55. The minimum atomic E-state index is -0.0326. The molecule has 0 spiro atoms. The molecular formula is C19H23N3O2. The second-order valence-corrected chi connectivity index (χ2v) is 6.31. The van der Waals surface area contributed by atoms with E-state index < -0.39 is 0 Å². The SMILES string of the molecule is C[C@@H](CC(=O)Nc1ccc(C(=O)N2CCCC2)cc1)n1cccc1. The van der Waals surface area contributed by atoms with Gasteiger partial charge in [0.1, 0.15) is 0 Å². The van der Waals surface area contributed by atoms with Crippen LogP contribution in [0.5, 0.6) is 0 Å². The summed E-state index contributed by atoms with van der Waals surface area (Å²) < 4.78 is 2.01. The highest BCUT2D eigenvalue weighted by Crippen LogP contribution is 2.17. The molecule has 0 unspecified atom stereocenters. The van der Waals surface area contributed by atoms with Crippen LogP contribution >= 0.6 is 0 Å². The maximum absolute atomic E-state index is 12.3. The normalized spacial score (nSPS) is 15.3. The van der Waals surface area contributed by atoms with Gasteiger partial charge in [0.2, 0.25) is 5.91 Å². The first-order valence-electron chi connectivity index (χ1n) is 8.45. The van der Waals surface area contributed by atoms with Gasteiger partial charge in [-0.25, -0.2) is 0 Å². The Morgan fingerprint density at radius 2 is 1.71 bits per heavy atom. The van der Waals surface area contributed by atoms with Crippen LogP contribution in [-0.2, 0) is 4.79 Å². The van der Waals surface area contributed by atoms with Gasteiger partial charge in [0.15, 0.2) is 0 Å². The number of amides is 2. The van der Waals surface area contributed by atoms with E-state index in [4.69, 9.17) is 0 Å². The lowest BCUT2D eigenvalue weighted by Crippen LogP contribution is -2.27. The van der Waals surface area contributed by atoms with E-state index in [1.807, 2.05) is 40.9 Å². The Morgan fingerprint density at radius 3 is 2.33 bits per heavy atom. The molecule has 5 nitrogen and oxygen atoms in total. The summed E-state index contributed by atoms with van der Waals surface area (Å²) >= 11 is 0. The molecule has 5 heteroatoms. The second kappa shape index (κ2) is 7.34. The number of likely N-dealkylation sites (tertiary alicyclic amines) is 1. The molecule has 0 bridgehead atoms. The van der Waals surface area contributed by atoms with Crippen molar-refractivity contribution in [2.24, 2.45) is 0 Å². The van der Waals surface area contributed by atoms with Crippen LogP contribution in [-0.4, -0.2) is 34.4 Å². The van der Waals surface area contributed by atoms with Gasteiger partial charge < -0.3 is 14.8 Å². The van der Waals surface area contributed by atoms with Gasteiger partial charge in [-0.3, -0.25) is 9.59 Å². The Bertz CT molecular complexity index is 686. The third-order valence-electron chi connectivity index (χ3n) is 4.43. The smallest absolute Gasteiger partial charge is 0.253 e. The van der Waals surface area contributed by atoms with Gasteiger partial charge in [0.25, 0.3) is 5.91 Å². The molecule has 1 fully saturated rings. The Kier molecular flexibility index (Phi) is 4.99. The summed E-state index contributed by atoms with van der Waals surface area (Å²) in [6.45, 7) is 3.70. The van der Waals surface area contributed by atoms with Gasteiger partial charge in [-0.2, -0.15) is 0 Å². The van der Waals surface area contributed by atoms with Crippen molar-refractivity contribution in [3.05, 3.63) is 54.4 Å². The topological polar surface area (TPSA) is 54.3 Å². The number of hydrogen-bond acceptors (Lipinski definition) is 2. The molecule has 1 aromatic heterocycles. The highest BCUT2D eigenvalue weighted by Gasteiger charge is 2.19. The van der Waals surface area contributed by atoms with E-state index in [-0.39, 0.29) is 17.9 Å². The molecule has 24 heavy (non-hydrogen) atoms. The fourth-order valence-electron chi connectivity index (χ4n) is 3.03. The molecule has 0 saturated carbocycles. The fraction of sp³-hybridized carbons (Fsp3) is 0.368. The van der Waals surface area contributed by atoms with E-state index in [0.29, 0.717) is 12.0 Å². The molecule has 1 aliphatic rings. The molecule has 2 heterocycles. The Morgan fingerprint density at radius 1 is 1.08 bits per heavy atom. The number of carbonyl (C=O) groups excluding carboxylic acids is 2. The first-order chi connectivity index (χ1) is 11.6. The zero-order chi connectivity index (χ0) is 16.9. The molecule has 0 radical (unpaired) electrons. The number of hydrogen-bond donors (Lipinski definition) is 1. The molecule has 1 saturated heterocycles. The van der Waals surface area contributed by atoms with Crippen molar-refractivity contribution in [3.8, 4) is 0 Å². The predicted molar refractivity (Wildman–Crippen MR) is 94.0 cm³/mol. The largest absolute Gasteiger partial charge is 0.351 e. The van der Waals surface area contributed by atoms with Crippen LogP contribution in [0.1, 0.15) is 42.6 Å². The Labute approximate surface area is 142 Å². The summed E-state index contributed by atoms with van der Waals surface area (Å²) in [5.41, 5.74) is 1.40. The van der Waals surface area contributed by atoms with Crippen molar-refractivity contribution >= 4 is 17.5 Å². The van der Waals surface area contributed by atoms with Gasteiger partial charge in [0, 0.05) is 49.2 Å². The van der Waals surface area contributed by atoms with Crippen molar-refractivity contribution in [2.75, 3.05) is 18.4 Å². The van der Waals surface area contributed by atoms with Crippen molar-refractivity contribution in [1.82, 2.24) is 9.47 Å². The summed E-state index contributed by atoms with van der Waals surface area (Å²) in [4.78, 5) is 26.3. The lowest BCUT2D eigenvalue weighted by atomic mass is 10.1. The van der Waals surface area contributed by atoms with Crippen LogP contribution in [0.25, 0.3) is 0 Å². The number of benzene rings is 1. The average molecular weight is 325 g/mol. The summed E-state index contributed by atoms with van der Waals surface area (Å²) in [6, 6.07) is 11.2. The summed E-state index contributed by atoms with van der Waals surface area (Å²) in [5, 5.41) is 2.89. The maximum atomic E-state index is 12.3. The molecule has 0 aliphatic carbocycles. The van der Waals surface area contributed by atoms with Gasteiger partial charge >= 0.3 is 0 Å². The van der Waals surface area contributed by atoms with E-state index in [1.54, 1.807) is 24.3 Å². The number of aromatic nitrogens is 1. The molecule has 1 aromatic carbocycles. The van der Waals surface area contributed by atoms with Crippen molar-refractivity contribution in [1.29, 1.82) is 0 Å². The van der Waals surface area contributed by atoms with E-state index in [2.05, 4.69) is 5.32 Å². The lowest BCUT2D eigenvalue weighted by molar-refractivity contribution is -0.116. The molecular weight excluding hydrogens is 302 g/mol. The quantitative estimate of drug-likeness (QED) is 0.917. The standard InChI is InChI=1S/C19H23N3O2/c1-15(21-10-2-3-11-21)14-18(23)20-17-8-6-16(7-9-17)19(24)22-12-4-5-13-22/h2-3,6-11,15H,4-5,12-14H2,1H3,(H,20,23)/t15-/m0/s1. The monoisotopic (exact) mass is 325 g/mol. The second-order valence-electron chi connectivity index (χ2n) is 6.31. The minimum Gasteiger partial charge on any atom is -0.351 e. The molecule has 2 amide bonds. The number of nitrogens with one attached hydrogen (secondary N) is 1. The molecule has 1 aliphatic heterocycles. The van der Waals surface area contributed by atoms with Gasteiger partial charge in [-0.15, -0.1) is 0 Å². The van der Waals surface area contributed by atoms with Gasteiger partial charge in [-0.1, -0.05) is 0 Å². The van der Waals surface area contributed by atoms with Crippen LogP contribution < -0.4 is 5.32 Å². The lowest BCUT2D eigenvalue weighted by Gasteiger charge is -2.16.